The molecule has 106 valence electrons. The van der Waals surface area contributed by atoms with Crippen molar-refractivity contribution in [1.29, 1.82) is 0 Å². The summed E-state index contributed by atoms with van der Waals surface area (Å²) in [4.78, 5) is 7.89. The minimum absolute atomic E-state index is 0.0611. The lowest BCUT2D eigenvalue weighted by atomic mass is 10.3. The number of halogens is 4. The van der Waals surface area contributed by atoms with Crippen LogP contribution in [0.4, 0.5) is 14.7 Å². The van der Waals surface area contributed by atoms with Gasteiger partial charge < -0.3 is 10.1 Å². The van der Waals surface area contributed by atoms with Crippen molar-refractivity contribution in [3.63, 3.8) is 0 Å². The van der Waals surface area contributed by atoms with Crippen molar-refractivity contribution in [3.05, 3.63) is 39.5 Å². The van der Waals surface area contributed by atoms with E-state index in [1.807, 2.05) is 6.92 Å². The average molecular weight is 365 g/mol. The van der Waals surface area contributed by atoms with Crippen molar-refractivity contribution < 1.29 is 13.5 Å². The highest BCUT2D eigenvalue weighted by atomic mass is 79.9. The summed E-state index contributed by atoms with van der Waals surface area (Å²) in [5.74, 6) is -2.25. The fourth-order valence-electron chi connectivity index (χ4n) is 1.38. The second-order valence-electron chi connectivity index (χ2n) is 3.68. The maximum absolute atomic E-state index is 13.6. The van der Waals surface area contributed by atoms with Gasteiger partial charge in [0.1, 0.15) is 5.02 Å². The zero-order valence-electron chi connectivity index (χ0n) is 10.3. The van der Waals surface area contributed by atoms with Gasteiger partial charge in [0, 0.05) is 11.0 Å². The Hall–Kier alpha value is -1.47. The normalized spacial score (nSPS) is 10.4. The van der Waals surface area contributed by atoms with Crippen LogP contribution < -0.4 is 10.1 Å². The van der Waals surface area contributed by atoms with Crippen LogP contribution in [0.25, 0.3) is 0 Å². The Labute approximate surface area is 127 Å². The minimum atomic E-state index is -1.12. The van der Waals surface area contributed by atoms with E-state index in [-0.39, 0.29) is 22.6 Å². The number of aromatic nitrogens is 2. The molecule has 8 heteroatoms. The van der Waals surface area contributed by atoms with E-state index >= 15 is 0 Å². The first-order valence-electron chi connectivity index (χ1n) is 5.60. The Bertz CT molecular complexity index is 642. The van der Waals surface area contributed by atoms with Crippen molar-refractivity contribution >= 4 is 33.5 Å². The number of anilines is 1. The molecule has 0 bridgehead atoms. The van der Waals surface area contributed by atoms with Gasteiger partial charge in [-0.05, 0) is 19.1 Å². The van der Waals surface area contributed by atoms with Gasteiger partial charge in [-0.1, -0.05) is 27.5 Å². The summed E-state index contributed by atoms with van der Waals surface area (Å²) in [7, 11) is 0. The average Bonchev–Trinajstić information content (AvgIpc) is 2.39. The summed E-state index contributed by atoms with van der Waals surface area (Å²) in [5.41, 5.74) is 0. The van der Waals surface area contributed by atoms with E-state index in [1.165, 1.54) is 12.3 Å². The van der Waals surface area contributed by atoms with Crippen LogP contribution in [-0.4, -0.2) is 16.5 Å². The van der Waals surface area contributed by atoms with E-state index in [0.29, 0.717) is 11.0 Å². The summed E-state index contributed by atoms with van der Waals surface area (Å²) >= 11 is 8.93. The Balaban J connectivity index is 2.36. The smallest absolute Gasteiger partial charge is 0.243 e. The van der Waals surface area contributed by atoms with Gasteiger partial charge in [-0.3, -0.25) is 0 Å². The number of hydrogen-bond donors (Lipinski definition) is 1. The molecule has 0 saturated carbocycles. The number of nitrogens with one attached hydrogen (secondary N) is 1. The molecule has 0 spiro atoms. The fourth-order valence-corrected chi connectivity index (χ4v) is 1.92. The highest BCUT2D eigenvalue weighted by Gasteiger charge is 2.15. The highest BCUT2D eigenvalue weighted by molar-refractivity contribution is 9.10. The van der Waals surface area contributed by atoms with Crippen molar-refractivity contribution in [2.75, 3.05) is 11.9 Å². The summed E-state index contributed by atoms with van der Waals surface area (Å²) in [5, 5.41) is 2.95. The van der Waals surface area contributed by atoms with Crippen molar-refractivity contribution in [2.45, 2.75) is 6.92 Å². The Morgan fingerprint density at radius 3 is 2.85 bits per heavy atom. The third-order valence-electron chi connectivity index (χ3n) is 2.21. The third kappa shape index (κ3) is 3.34. The van der Waals surface area contributed by atoms with Gasteiger partial charge in [0.2, 0.25) is 17.6 Å². The molecule has 0 radical (unpaired) electrons. The van der Waals surface area contributed by atoms with Gasteiger partial charge in [-0.15, -0.1) is 0 Å². The molecular weight excluding hydrogens is 356 g/mol. The lowest BCUT2D eigenvalue weighted by Crippen LogP contribution is -2.03. The lowest BCUT2D eigenvalue weighted by molar-refractivity contribution is 0.405. The van der Waals surface area contributed by atoms with Crippen LogP contribution in [0.1, 0.15) is 6.92 Å². The molecule has 1 heterocycles. The molecule has 0 unspecified atom stereocenters. The van der Waals surface area contributed by atoms with E-state index in [2.05, 4.69) is 31.2 Å². The monoisotopic (exact) mass is 363 g/mol. The standard InChI is InChI=1S/C12H9BrClF2N3O/c1-2-17-12-18-5-7(14)11(19-12)20-9-4-6(13)3-8(15)10(9)16/h3-5H,2H2,1H3,(H,17,18,19). The number of hydrogen-bond acceptors (Lipinski definition) is 4. The molecule has 1 N–H and O–H groups in total. The summed E-state index contributed by atoms with van der Waals surface area (Å²) in [6.07, 6.45) is 1.31. The largest absolute Gasteiger partial charge is 0.434 e. The first-order valence-corrected chi connectivity index (χ1v) is 6.77. The van der Waals surface area contributed by atoms with Crippen LogP contribution in [0.15, 0.2) is 22.8 Å². The quantitative estimate of drug-likeness (QED) is 0.817. The molecule has 0 aliphatic heterocycles. The molecule has 1 aromatic heterocycles. The molecule has 20 heavy (non-hydrogen) atoms. The molecule has 0 saturated heterocycles. The summed E-state index contributed by atoms with van der Waals surface area (Å²) in [6, 6.07) is 2.28. The van der Waals surface area contributed by atoms with Crippen LogP contribution >= 0.6 is 27.5 Å². The molecule has 1 aromatic carbocycles. The van der Waals surface area contributed by atoms with Crippen LogP contribution in [0.2, 0.25) is 5.02 Å². The summed E-state index contributed by atoms with van der Waals surface area (Å²) < 4.78 is 32.5. The van der Waals surface area contributed by atoms with E-state index in [1.54, 1.807) is 0 Å². The fraction of sp³-hybridized carbons (Fsp3) is 0.167. The van der Waals surface area contributed by atoms with Crippen LogP contribution in [-0.2, 0) is 0 Å². The molecule has 4 nitrogen and oxygen atoms in total. The predicted octanol–water partition coefficient (Wildman–Crippen LogP) is 4.39. The van der Waals surface area contributed by atoms with Crippen LogP contribution in [0, 0.1) is 11.6 Å². The number of benzene rings is 1. The van der Waals surface area contributed by atoms with Gasteiger partial charge in [-0.25, -0.2) is 9.37 Å². The topological polar surface area (TPSA) is 47.0 Å². The van der Waals surface area contributed by atoms with Gasteiger partial charge in [-0.2, -0.15) is 9.37 Å². The van der Waals surface area contributed by atoms with Gasteiger partial charge in [0.15, 0.2) is 11.6 Å². The zero-order valence-corrected chi connectivity index (χ0v) is 12.6. The molecule has 2 aromatic rings. The van der Waals surface area contributed by atoms with Gasteiger partial charge in [0.05, 0.1) is 6.20 Å². The zero-order chi connectivity index (χ0) is 14.7. The van der Waals surface area contributed by atoms with Crippen molar-refractivity contribution in [1.82, 2.24) is 9.97 Å². The Kier molecular flexibility index (Phi) is 4.72. The molecule has 0 fully saturated rings. The van der Waals surface area contributed by atoms with Crippen LogP contribution in [0.3, 0.4) is 0 Å². The third-order valence-corrected chi connectivity index (χ3v) is 2.93. The van der Waals surface area contributed by atoms with Crippen molar-refractivity contribution in [3.8, 4) is 11.6 Å². The van der Waals surface area contributed by atoms with Gasteiger partial charge >= 0.3 is 0 Å². The first-order chi connectivity index (χ1) is 9.51. The number of ether oxygens (including phenoxy) is 1. The van der Waals surface area contributed by atoms with Crippen LogP contribution in [0.5, 0.6) is 11.6 Å². The second kappa shape index (κ2) is 6.32. The SMILES string of the molecule is CCNc1ncc(Cl)c(Oc2cc(Br)cc(F)c2F)n1. The molecule has 0 atom stereocenters. The molecule has 0 aliphatic carbocycles. The molecule has 2 rings (SSSR count). The maximum Gasteiger partial charge on any atom is 0.243 e. The number of rotatable bonds is 4. The Morgan fingerprint density at radius 1 is 1.40 bits per heavy atom. The second-order valence-corrected chi connectivity index (χ2v) is 5.00. The van der Waals surface area contributed by atoms with E-state index < -0.39 is 11.6 Å². The van der Waals surface area contributed by atoms with E-state index in [0.717, 1.165) is 6.07 Å². The molecular formula is C12H9BrClF2N3O. The summed E-state index contributed by atoms with van der Waals surface area (Å²) in [6.45, 7) is 2.46. The predicted molar refractivity (Wildman–Crippen MR) is 75.3 cm³/mol. The number of nitrogens with zero attached hydrogens (tertiary/aromatic N) is 2. The van der Waals surface area contributed by atoms with E-state index in [4.69, 9.17) is 16.3 Å². The molecule has 0 amide bonds. The van der Waals surface area contributed by atoms with Crippen molar-refractivity contribution in [2.24, 2.45) is 0 Å². The minimum Gasteiger partial charge on any atom is -0.434 e. The van der Waals surface area contributed by atoms with Gasteiger partial charge in [0.25, 0.3) is 0 Å². The maximum atomic E-state index is 13.6. The molecule has 0 aliphatic rings. The Morgan fingerprint density at radius 2 is 2.15 bits per heavy atom. The van der Waals surface area contributed by atoms with E-state index in [9.17, 15) is 8.78 Å². The highest BCUT2D eigenvalue weighted by Crippen LogP contribution is 2.32. The lowest BCUT2D eigenvalue weighted by Gasteiger charge is -2.09. The first kappa shape index (κ1) is 14.9.